The molecule has 0 saturated carbocycles. The van der Waals surface area contributed by atoms with Crippen LogP contribution >= 0.6 is 11.8 Å². The van der Waals surface area contributed by atoms with Crippen molar-refractivity contribution >= 4 is 17.7 Å². The fourth-order valence-corrected chi connectivity index (χ4v) is 3.28. The minimum absolute atomic E-state index is 0.141. The molecule has 2 aromatic rings. The maximum Gasteiger partial charge on any atom is 0.257 e. The molecule has 114 valence electrons. The number of hydrogen-bond donors (Lipinski definition) is 1. The molecule has 0 radical (unpaired) electrons. The first-order valence-corrected chi connectivity index (χ1v) is 8.36. The second-order valence-corrected chi connectivity index (χ2v) is 6.11. The predicted octanol–water partition coefficient (Wildman–Crippen LogP) is 2.29. The van der Waals surface area contributed by atoms with Crippen molar-refractivity contribution in [2.24, 2.45) is 0 Å². The topological polar surface area (TPSA) is 64.1 Å². The van der Waals surface area contributed by atoms with Crippen LogP contribution in [-0.2, 0) is 6.54 Å². The summed E-state index contributed by atoms with van der Waals surface area (Å²) in [5.74, 6) is 2.26. The van der Waals surface area contributed by atoms with Crippen molar-refractivity contribution in [3.8, 4) is 5.88 Å². The van der Waals surface area contributed by atoms with Crippen LogP contribution in [-0.4, -0.2) is 33.5 Å². The summed E-state index contributed by atoms with van der Waals surface area (Å²) in [6.45, 7) is 0.382. The molecule has 1 aliphatic rings. The van der Waals surface area contributed by atoms with Gasteiger partial charge in [-0.15, -0.1) is 0 Å². The highest BCUT2D eigenvalue weighted by molar-refractivity contribution is 7.99. The fraction of sp³-hybridized carbons (Fsp3) is 0.312. The van der Waals surface area contributed by atoms with Gasteiger partial charge in [-0.05, 0) is 36.4 Å². The van der Waals surface area contributed by atoms with Gasteiger partial charge in [0.25, 0.3) is 5.91 Å². The highest BCUT2D eigenvalue weighted by atomic mass is 32.2. The summed E-state index contributed by atoms with van der Waals surface area (Å²) in [4.78, 5) is 20.7. The molecule has 1 atom stereocenters. The lowest BCUT2D eigenvalue weighted by atomic mass is 10.2. The van der Waals surface area contributed by atoms with Gasteiger partial charge in [0, 0.05) is 18.1 Å². The summed E-state index contributed by atoms with van der Waals surface area (Å²) in [7, 11) is 0. The largest absolute Gasteiger partial charge is 0.473 e. The summed E-state index contributed by atoms with van der Waals surface area (Å²) in [6, 6.07) is 9.09. The smallest absolute Gasteiger partial charge is 0.257 e. The third-order valence-corrected chi connectivity index (χ3v) is 4.47. The normalized spacial score (nSPS) is 17.2. The number of nitrogens with one attached hydrogen (secondary N) is 1. The van der Waals surface area contributed by atoms with E-state index in [1.165, 1.54) is 0 Å². The van der Waals surface area contributed by atoms with E-state index in [2.05, 4.69) is 15.3 Å². The monoisotopic (exact) mass is 315 g/mol. The molecule has 3 heterocycles. The third-order valence-electron chi connectivity index (χ3n) is 3.34. The highest BCUT2D eigenvalue weighted by Crippen LogP contribution is 2.24. The summed E-state index contributed by atoms with van der Waals surface area (Å²) in [6.07, 6.45) is 4.49. The molecule has 0 aromatic carbocycles. The number of thioether (sulfide) groups is 1. The fourth-order valence-electron chi connectivity index (χ4n) is 2.19. The number of rotatable bonds is 5. The Kier molecular flexibility index (Phi) is 4.90. The molecular weight excluding hydrogens is 298 g/mol. The summed E-state index contributed by atoms with van der Waals surface area (Å²) < 4.78 is 5.87. The maximum absolute atomic E-state index is 12.3. The van der Waals surface area contributed by atoms with Crippen LogP contribution in [0.25, 0.3) is 0 Å². The van der Waals surface area contributed by atoms with Crippen LogP contribution in [0.5, 0.6) is 5.88 Å². The van der Waals surface area contributed by atoms with Gasteiger partial charge < -0.3 is 10.1 Å². The number of carbonyl (C=O) groups is 1. The molecule has 1 fully saturated rings. The Morgan fingerprint density at radius 3 is 2.95 bits per heavy atom. The molecule has 22 heavy (non-hydrogen) atoms. The van der Waals surface area contributed by atoms with Crippen molar-refractivity contribution < 1.29 is 9.53 Å². The zero-order valence-electron chi connectivity index (χ0n) is 12.1. The minimum atomic E-state index is -0.195. The van der Waals surface area contributed by atoms with Gasteiger partial charge in [-0.2, -0.15) is 11.8 Å². The van der Waals surface area contributed by atoms with Crippen molar-refractivity contribution in [2.45, 2.75) is 19.1 Å². The molecule has 6 heteroatoms. The molecule has 1 saturated heterocycles. The Bertz CT molecular complexity index is 630. The van der Waals surface area contributed by atoms with Gasteiger partial charge in [0.15, 0.2) is 0 Å². The quantitative estimate of drug-likeness (QED) is 0.917. The van der Waals surface area contributed by atoms with Crippen LogP contribution in [0.3, 0.4) is 0 Å². The van der Waals surface area contributed by atoms with Gasteiger partial charge in [0.2, 0.25) is 5.88 Å². The van der Waals surface area contributed by atoms with Crippen LogP contribution in [0.15, 0.2) is 42.7 Å². The second kappa shape index (κ2) is 7.26. The van der Waals surface area contributed by atoms with Crippen molar-refractivity contribution in [3.05, 3.63) is 54.0 Å². The molecule has 1 N–H and O–H groups in total. The highest BCUT2D eigenvalue weighted by Gasteiger charge is 2.21. The van der Waals surface area contributed by atoms with Crippen LogP contribution in [0.2, 0.25) is 0 Å². The molecule has 0 bridgehead atoms. The third kappa shape index (κ3) is 3.76. The number of amides is 1. The zero-order valence-corrected chi connectivity index (χ0v) is 12.9. The molecular formula is C16H17N3O2S. The van der Waals surface area contributed by atoms with E-state index in [1.54, 1.807) is 24.5 Å². The SMILES string of the molecule is O=C(NCc1ccccn1)c1cccnc1OC1CCSC1. The minimum Gasteiger partial charge on any atom is -0.473 e. The van der Waals surface area contributed by atoms with E-state index in [1.807, 2.05) is 30.0 Å². The van der Waals surface area contributed by atoms with Crippen molar-refractivity contribution in [2.75, 3.05) is 11.5 Å². The Hall–Kier alpha value is -2.08. The Morgan fingerprint density at radius 1 is 1.27 bits per heavy atom. The van der Waals surface area contributed by atoms with E-state index in [0.717, 1.165) is 23.6 Å². The van der Waals surface area contributed by atoms with Crippen LogP contribution in [0.4, 0.5) is 0 Å². The average Bonchev–Trinajstić information content (AvgIpc) is 3.07. The summed E-state index contributed by atoms with van der Waals surface area (Å²) >= 11 is 1.86. The molecule has 0 aliphatic carbocycles. The first kappa shape index (κ1) is 14.8. The average molecular weight is 315 g/mol. The van der Waals surface area contributed by atoms with Crippen molar-refractivity contribution in [1.29, 1.82) is 0 Å². The first-order valence-electron chi connectivity index (χ1n) is 7.20. The number of carbonyl (C=O) groups excluding carboxylic acids is 1. The molecule has 3 rings (SSSR count). The summed E-state index contributed by atoms with van der Waals surface area (Å²) in [5, 5.41) is 2.85. The first-order chi connectivity index (χ1) is 10.8. The van der Waals surface area contributed by atoms with E-state index in [4.69, 9.17) is 4.74 Å². The van der Waals surface area contributed by atoms with Gasteiger partial charge in [0.05, 0.1) is 12.2 Å². The van der Waals surface area contributed by atoms with Gasteiger partial charge >= 0.3 is 0 Å². The van der Waals surface area contributed by atoms with E-state index in [-0.39, 0.29) is 12.0 Å². The van der Waals surface area contributed by atoms with Crippen molar-refractivity contribution in [1.82, 2.24) is 15.3 Å². The molecule has 5 nitrogen and oxygen atoms in total. The number of hydrogen-bond acceptors (Lipinski definition) is 5. The molecule has 0 spiro atoms. The molecule has 1 unspecified atom stereocenters. The number of pyridine rings is 2. The van der Waals surface area contributed by atoms with Crippen LogP contribution in [0, 0.1) is 0 Å². The lowest BCUT2D eigenvalue weighted by Crippen LogP contribution is -2.25. The van der Waals surface area contributed by atoms with Gasteiger partial charge in [0.1, 0.15) is 11.7 Å². The number of ether oxygens (including phenoxy) is 1. The van der Waals surface area contributed by atoms with Crippen LogP contribution in [0.1, 0.15) is 22.5 Å². The lowest BCUT2D eigenvalue weighted by Gasteiger charge is -2.14. The summed E-state index contributed by atoms with van der Waals surface area (Å²) in [5.41, 5.74) is 1.28. The number of aromatic nitrogens is 2. The predicted molar refractivity (Wildman–Crippen MR) is 86.0 cm³/mol. The van der Waals surface area contributed by atoms with Gasteiger partial charge in [-0.3, -0.25) is 9.78 Å². The van der Waals surface area contributed by atoms with E-state index < -0.39 is 0 Å². The Labute approximate surface area is 133 Å². The van der Waals surface area contributed by atoms with Crippen LogP contribution < -0.4 is 10.1 Å². The van der Waals surface area contributed by atoms with Gasteiger partial charge in [-0.1, -0.05) is 6.07 Å². The van der Waals surface area contributed by atoms with Crippen molar-refractivity contribution in [3.63, 3.8) is 0 Å². The molecule has 1 aliphatic heterocycles. The second-order valence-electron chi connectivity index (χ2n) is 4.96. The standard InChI is InChI=1S/C16H17N3O2S/c20-15(19-10-12-4-1-2-7-17-12)14-5-3-8-18-16(14)21-13-6-9-22-11-13/h1-5,7-8,13H,6,9-11H2,(H,19,20). The Morgan fingerprint density at radius 2 is 2.18 bits per heavy atom. The Balaban J connectivity index is 1.66. The van der Waals surface area contributed by atoms with E-state index in [9.17, 15) is 4.79 Å². The molecule has 2 aromatic heterocycles. The maximum atomic E-state index is 12.3. The van der Waals surface area contributed by atoms with E-state index >= 15 is 0 Å². The molecule has 1 amide bonds. The zero-order chi connectivity index (χ0) is 15.2. The van der Waals surface area contributed by atoms with E-state index in [0.29, 0.717) is 18.0 Å². The number of nitrogens with zero attached hydrogens (tertiary/aromatic N) is 2. The lowest BCUT2D eigenvalue weighted by molar-refractivity contribution is 0.0942. The van der Waals surface area contributed by atoms with Gasteiger partial charge in [-0.25, -0.2) is 4.98 Å².